The van der Waals surface area contributed by atoms with E-state index in [0.29, 0.717) is 12.1 Å². The molecule has 1 saturated heterocycles. The number of fused-ring (bicyclic) bond motifs is 2. The summed E-state index contributed by atoms with van der Waals surface area (Å²) in [7, 11) is 0. The minimum Gasteiger partial charge on any atom is -0.352 e. The molecule has 0 spiro atoms. The highest BCUT2D eigenvalue weighted by Gasteiger charge is 2.22. The third-order valence-corrected chi connectivity index (χ3v) is 6.62. The Morgan fingerprint density at radius 1 is 0.824 bits per heavy atom. The Morgan fingerprint density at radius 2 is 1.59 bits per heavy atom. The molecule has 7 heteroatoms. The molecule has 0 N–H and O–H groups in total. The topological polar surface area (TPSA) is 58.7 Å². The van der Waals surface area contributed by atoms with E-state index in [1.807, 2.05) is 41.1 Å². The predicted octanol–water partition coefficient (Wildman–Crippen LogP) is 3.40. The van der Waals surface area contributed by atoms with E-state index in [0.717, 1.165) is 55.3 Å². The van der Waals surface area contributed by atoms with Crippen molar-refractivity contribution in [2.24, 2.45) is 0 Å². The first kappa shape index (κ1) is 20.6. The van der Waals surface area contributed by atoms with E-state index in [9.17, 15) is 4.79 Å². The van der Waals surface area contributed by atoms with E-state index < -0.39 is 0 Å². The Hall–Kier alpha value is -3.97. The van der Waals surface area contributed by atoms with Crippen molar-refractivity contribution in [3.8, 4) is 5.69 Å². The lowest BCUT2D eigenvalue weighted by Gasteiger charge is -2.35. The molecule has 170 valence electrons. The number of hydrogen-bond donors (Lipinski definition) is 0. The zero-order valence-electron chi connectivity index (χ0n) is 18.9. The number of benzene rings is 2. The summed E-state index contributed by atoms with van der Waals surface area (Å²) in [5, 5.41) is 6.19. The van der Waals surface area contributed by atoms with E-state index in [1.54, 1.807) is 16.8 Å². The van der Waals surface area contributed by atoms with Gasteiger partial charge in [0, 0.05) is 56.1 Å². The number of piperazine rings is 1. The number of rotatable bonds is 5. The summed E-state index contributed by atoms with van der Waals surface area (Å²) >= 11 is 0. The second-order valence-corrected chi connectivity index (χ2v) is 8.68. The first-order valence-corrected chi connectivity index (χ1v) is 11.7. The van der Waals surface area contributed by atoms with Gasteiger partial charge in [0.1, 0.15) is 5.65 Å². The van der Waals surface area contributed by atoms with Crippen molar-refractivity contribution in [3.05, 3.63) is 101 Å². The lowest BCUT2D eigenvalue weighted by Crippen LogP contribution is -2.47. The van der Waals surface area contributed by atoms with Crippen LogP contribution >= 0.6 is 0 Å². The summed E-state index contributed by atoms with van der Waals surface area (Å²) in [6.07, 6.45) is 4.22. The molecule has 0 aliphatic carbocycles. The Kier molecular flexibility index (Phi) is 5.31. The Bertz CT molecular complexity index is 1500. The molecule has 0 atom stereocenters. The lowest BCUT2D eigenvalue weighted by atomic mass is 10.2. The molecule has 1 aliphatic rings. The van der Waals surface area contributed by atoms with Crippen LogP contribution in [0.25, 0.3) is 22.2 Å². The maximum absolute atomic E-state index is 12.8. The van der Waals surface area contributed by atoms with Gasteiger partial charge in [-0.2, -0.15) is 0 Å². The first-order chi connectivity index (χ1) is 16.8. The highest BCUT2D eigenvalue weighted by atomic mass is 16.1. The molecule has 1 aliphatic heterocycles. The van der Waals surface area contributed by atoms with Gasteiger partial charge in [0.2, 0.25) is 0 Å². The summed E-state index contributed by atoms with van der Waals surface area (Å²) in [5.41, 5.74) is 3.67. The quantitative estimate of drug-likeness (QED) is 0.411. The van der Waals surface area contributed by atoms with Gasteiger partial charge in [-0.05, 0) is 42.8 Å². The van der Waals surface area contributed by atoms with Crippen LogP contribution in [-0.4, -0.2) is 56.8 Å². The van der Waals surface area contributed by atoms with Crippen molar-refractivity contribution in [1.29, 1.82) is 0 Å². The van der Waals surface area contributed by atoms with Crippen molar-refractivity contribution in [1.82, 2.24) is 24.1 Å². The fourth-order valence-corrected chi connectivity index (χ4v) is 4.75. The minimum atomic E-state index is 0.0298. The maximum atomic E-state index is 12.8. The van der Waals surface area contributed by atoms with Crippen LogP contribution in [-0.2, 0) is 6.42 Å². The van der Waals surface area contributed by atoms with Gasteiger partial charge in [0.05, 0.1) is 11.2 Å². The van der Waals surface area contributed by atoms with Gasteiger partial charge in [-0.25, -0.2) is 9.67 Å². The van der Waals surface area contributed by atoms with Crippen LogP contribution in [0.3, 0.4) is 0 Å². The van der Waals surface area contributed by atoms with E-state index in [1.165, 1.54) is 5.39 Å². The molecule has 7 nitrogen and oxygen atoms in total. The molecular weight excluding hydrogens is 424 g/mol. The summed E-state index contributed by atoms with van der Waals surface area (Å²) in [4.78, 5) is 22.0. The van der Waals surface area contributed by atoms with Crippen LogP contribution in [0.1, 0.15) is 5.56 Å². The summed E-state index contributed by atoms with van der Waals surface area (Å²) < 4.78 is 3.67. The Balaban J connectivity index is 1.16. The highest BCUT2D eigenvalue weighted by Crippen LogP contribution is 2.29. The molecule has 2 aromatic carbocycles. The van der Waals surface area contributed by atoms with Crippen molar-refractivity contribution >= 4 is 22.4 Å². The number of nitrogens with zero attached hydrogens (tertiary/aromatic N) is 6. The molecular formula is C27H26N6O. The molecule has 0 unspecified atom stereocenters. The predicted molar refractivity (Wildman–Crippen MR) is 135 cm³/mol. The summed E-state index contributed by atoms with van der Waals surface area (Å²) in [6.45, 7) is 4.54. The molecule has 0 bridgehead atoms. The minimum absolute atomic E-state index is 0.0298. The smallest absolute Gasteiger partial charge is 0.261 e. The van der Waals surface area contributed by atoms with Gasteiger partial charge in [-0.3, -0.25) is 14.1 Å². The SMILES string of the molecule is O=c1c(CCN2CCN(c3nn(-c4ccccc4)c4ccccc34)CC2)cnc2ccccn12. The molecule has 5 aromatic rings. The number of aromatic nitrogens is 4. The molecule has 3 aromatic heterocycles. The molecule has 0 saturated carbocycles. The number of pyridine rings is 1. The Labute approximate surface area is 197 Å². The Morgan fingerprint density at radius 3 is 2.44 bits per heavy atom. The molecule has 0 amide bonds. The zero-order chi connectivity index (χ0) is 22.9. The normalized spacial score (nSPS) is 14.8. The zero-order valence-corrected chi connectivity index (χ0v) is 18.9. The maximum Gasteiger partial charge on any atom is 0.261 e. The van der Waals surface area contributed by atoms with E-state index >= 15 is 0 Å². The first-order valence-electron chi connectivity index (χ1n) is 11.7. The van der Waals surface area contributed by atoms with Crippen molar-refractivity contribution in [2.75, 3.05) is 37.6 Å². The van der Waals surface area contributed by atoms with E-state index in [2.05, 4.69) is 51.2 Å². The summed E-state index contributed by atoms with van der Waals surface area (Å²) in [5.74, 6) is 1.04. The fraction of sp³-hybridized carbons (Fsp3) is 0.222. The van der Waals surface area contributed by atoms with Crippen LogP contribution in [0.2, 0.25) is 0 Å². The van der Waals surface area contributed by atoms with Crippen LogP contribution in [0.4, 0.5) is 5.82 Å². The second kappa shape index (κ2) is 8.76. The largest absolute Gasteiger partial charge is 0.352 e. The van der Waals surface area contributed by atoms with Crippen molar-refractivity contribution < 1.29 is 0 Å². The van der Waals surface area contributed by atoms with Crippen LogP contribution in [0.15, 0.2) is 90.0 Å². The van der Waals surface area contributed by atoms with Crippen LogP contribution < -0.4 is 10.5 Å². The van der Waals surface area contributed by atoms with Gasteiger partial charge in [0.15, 0.2) is 5.82 Å². The van der Waals surface area contributed by atoms with Gasteiger partial charge < -0.3 is 4.90 Å². The van der Waals surface area contributed by atoms with Crippen molar-refractivity contribution in [2.45, 2.75) is 6.42 Å². The number of anilines is 1. The number of para-hydroxylation sites is 2. The van der Waals surface area contributed by atoms with Crippen LogP contribution in [0, 0.1) is 0 Å². The van der Waals surface area contributed by atoms with Gasteiger partial charge in [0.25, 0.3) is 5.56 Å². The summed E-state index contributed by atoms with van der Waals surface area (Å²) in [6, 6.07) is 24.3. The lowest BCUT2D eigenvalue weighted by molar-refractivity contribution is 0.260. The number of hydrogen-bond acceptors (Lipinski definition) is 5. The molecule has 4 heterocycles. The van der Waals surface area contributed by atoms with E-state index in [4.69, 9.17) is 5.10 Å². The highest BCUT2D eigenvalue weighted by molar-refractivity contribution is 5.91. The van der Waals surface area contributed by atoms with Crippen LogP contribution in [0.5, 0.6) is 0 Å². The molecule has 0 radical (unpaired) electrons. The molecule has 6 rings (SSSR count). The van der Waals surface area contributed by atoms with E-state index in [-0.39, 0.29) is 5.56 Å². The molecule has 34 heavy (non-hydrogen) atoms. The fourth-order valence-electron chi connectivity index (χ4n) is 4.75. The second-order valence-electron chi connectivity index (χ2n) is 8.68. The molecule has 1 fully saturated rings. The third kappa shape index (κ3) is 3.74. The standard InChI is InChI=1S/C27H26N6O/c34-27-21(20-28-25-12-6-7-14-32(25)27)13-15-30-16-18-31(19-17-30)26-23-10-4-5-11-24(23)33(29-26)22-8-2-1-3-9-22/h1-12,14,20H,13,15-19H2. The third-order valence-electron chi connectivity index (χ3n) is 6.62. The van der Waals surface area contributed by atoms with Gasteiger partial charge >= 0.3 is 0 Å². The van der Waals surface area contributed by atoms with Gasteiger partial charge in [-0.15, -0.1) is 5.10 Å². The average molecular weight is 451 g/mol. The monoisotopic (exact) mass is 450 g/mol. The average Bonchev–Trinajstić information content (AvgIpc) is 3.29. The van der Waals surface area contributed by atoms with Gasteiger partial charge in [-0.1, -0.05) is 36.4 Å². The van der Waals surface area contributed by atoms with Crippen molar-refractivity contribution in [3.63, 3.8) is 0 Å².